The molecule has 0 unspecified atom stereocenters. The lowest BCUT2D eigenvalue weighted by molar-refractivity contribution is -0.125. The van der Waals surface area contributed by atoms with Gasteiger partial charge in [0, 0.05) is 11.8 Å². The predicted molar refractivity (Wildman–Crippen MR) is 118 cm³/mol. The molecule has 3 aromatic rings. The minimum atomic E-state index is -3.30. The zero-order valence-electron chi connectivity index (χ0n) is 17.0. The number of Topliss-reactive ketones (excluding diaryl/α,β-unsaturated/α-hetero) is 1. The first-order valence-corrected chi connectivity index (χ1v) is 11.5. The highest BCUT2D eigenvalue weighted by molar-refractivity contribution is 7.90. The number of carbonyl (C=O) groups is 1. The van der Waals surface area contributed by atoms with E-state index in [0.29, 0.717) is 16.9 Å². The Labute approximate surface area is 176 Å². The summed E-state index contributed by atoms with van der Waals surface area (Å²) in [5, 5.41) is 0. The second-order valence-corrected chi connectivity index (χ2v) is 9.90. The van der Waals surface area contributed by atoms with Crippen LogP contribution >= 0.6 is 0 Å². The number of sulfone groups is 1. The van der Waals surface area contributed by atoms with Crippen molar-refractivity contribution in [1.29, 1.82) is 0 Å². The van der Waals surface area contributed by atoms with Crippen LogP contribution in [0.2, 0.25) is 0 Å². The van der Waals surface area contributed by atoms with Crippen molar-refractivity contribution in [2.75, 3.05) is 6.26 Å². The molecule has 5 heteroatoms. The highest BCUT2D eigenvalue weighted by Gasteiger charge is 2.42. The number of hydrogen-bond donors (Lipinski definition) is 0. The van der Waals surface area contributed by atoms with E-state index in [1.165, 1.54) is 18.4 Å². The fraction of sp³-hybridized carbons (Fsp3) is 0.160. The van der Waals surface area contributed by atoms with Gasteiger partial charge in [0.2, 0.25) is 5.78 Å². The number of rotatable bonds is 4. The summed E-state index contributed by atoms with van der Waals surface area (Å²) < 4.78 is 29.6. The van der Waals surface area contributed by atoms with Crippen molar-refractivity contribution in [3.05, 3.63) is 90.0 Å². The Morgan fingerprint density at radius 2 is 1.20 bits per heavy atom. The first-order valence-electron chi connectivity index (χ1n) is 9.61. The van der Waals surface area contributed by atoms with Gasteiger partial charge < -0.3 is 4.74 Å². The molecule has 1 aliphatic heterocycles. The van der Waals surface area contributed by atoms with E-state index in [4.69, 9.17) is 4.74 Å². The maximum absolute atomic E-state index is 13.1. The fourth-order valence-corrected chi connectivity index (χ4v) is 4.17. The molecular weight excluding hydrogens is 396 g/mol. The average Bonchev–Trinajstić information content (AvgIpc) is 2.97. The van der Waals surface area contributed by atoms with Crippen molar-refractivity contribution in [3.63, 3.8) is 0 Å². The average molecular weight is 419 g/mol. The van der Waals surface area contributed by atoms with Gasteiger partial charge in [0.15, 0.2) is 15.4 Å². The first kappa shape index (κ1) is 20.1. The standard InChI is InChI=1S/C25H22O4S/c1-25(2)24(26)22(19-11-9-18(10-12-19)17-7-5-4-6-8-17)23(29-25)20-13-15-21(16-14-20)30(3,27)28/h4-16H,1-3H3. The molecule has 0 saturated heterocycles. The van der Waals surface area contributed by atoms with Gasteiger partial charge in [0.1, 0.15) is 5.76 Å². The van der Waals surface area contributed by atoms with E-state index in [9.17, 15) is 13.2 Å². The molecule has 1 aliphatic rings. The highest BCUT2D eigenvalue weighted by atomic mass is 32.2. The van der Waals surface area contributed by atoms with Crippen molar-refractivity contribution >= 4 is 27.0 Å². The molecule has 0 spiro atoms. The normalized spacial score (nSPS) is 15.9. The van der Waals surface area contributed by atoms with E-state index >= 15 is 0 Å². The van der Waals surface area contributed by atoms with Gasteiger partial charge in [-0.15, -0.1) is 0 Å². The number of ether oxygens (including phenoxy) is 1. The number of ketones is 1. The van der Waals surface area contributed by atoms with Crippen LogP contribution in [0.5, 0.6) is 0 Å². The summed E-state index contributed by atoms with van der Waals surface area (Å²) in [6.45, 7) is 3.48. The van der Waals surface area contributed by atoms with E-state index in [-0.39, 0.29) is 10.7 Å². The molecule has 0 N–H and O–H groups in total. The van der Waals surface area contributed by atoms with Crippen molar-refractivity contribution in [1.82, 2.24) is 0 Å². The smallest absolute Gasteiger partial charge is 0.210 e. The summed E-state index contributed by atoms with van der Waals surface area (Å²) in [4.78, 5) is 13.3. The summed E-state index contributed by atoms with van der Waals surface area (Å²) in [6.07, 6.45) is 1.17. The number of carbonyl (C=O) groups excluding carboxylic acids is 1. The lowest BCUT2D eigenvalue weighted by Crippen LogP contribution is -2.29. The Morgan fingerprint density at radius 3 is 1.77 bits per heavy atom. The van der Waals surface area contributed by atoms with E-state index in [0.717, 1.165) is 16.7 Å². The Balaban J connectivity index is 1.79. The quantitative estimate of drug-likeness (QED) is 0.598. The molecule has 0 aromatic heterocycles. The summed E-state index contributed by atoms with van der Waals surface area (Å²) in [6, 6.07) is 24.3. The zero-order chi connectivity index (χ0) is 21.5. The predicted octanol–water partition coefficient (Wildman–Crippen LogP) is 5.00. The second-order valence-electron chi connectivity index (χ2n) is 7.89. The molecule has 3 aromatic carbocycles. The monoisotopic (exact) mass is 418 g/mol. The summed E-state index contributed by atoms with van der Waals surface area (Å²) in [5.41, 5.74) is 3.12. The topological polar surface area (TPSA) is 60.4 Å². The van der Waals surface area contributed by atoms with Gasteiger partial charge in [0.05, 0.1) is 10.5 Å². The summed E-state index contributed by atoms with van der Waals surface area (Å²) >= 11 is 0. The van der Waals surface area contributed by atoms with E-state index in [1.807, 2.05) is 54.6 Å². The molecule has 0 atom stereocenters. The Morgan fingerprint density at radius 1 is 0.700 bits per heavy atom. The fourth-order valence-electron chi connectivity index (χ4n) is 3.54. The van der Waals surface area contributed by atoms with E-state index in [1.54, 1.807) is 26.0 Å². The van der Waals surface area contributed by atoms with Crippen LogP contribution in [0.4, 0.5) is 0 Å². The van der Waals surface area contributed by atoms with Crippen molar-refractivity contribution in [2.45, 2.75) is 24.3 Å². The van der Waals surface area contributed by atoms with E-state index in [2.05, 4.69) is 0 Å². The molecule has 4 nitrogen and oxygen atoms in total. The van der Waals surface area contributed by atoms with Gasteiger partial charge in [-0.25, -0.2) is 8.42 Å². The summed E-state index contributed by atoms with van der Waals surface area (Å²) in [7, 11) is -3.30. The molecule has 0 bridgehead atoms. The van der Waals surface area contributed by atoms with Crippen LogP contribution in [0.1, 0.15) is 25.0 Å². The SMILES string of the molecule is CC1(C)OC(c2ccc(S(C)(=O)=O)cc2)=C(c2ccc(-c3ccccc3)cc2)C1=O. The van der Waals surface area contributed by atoms with Crippen molar-refractivity contribution in [3.8, 4) is 11.1 Å². The molecule has 0 radical (unpaired) electrons. The molecule has 30 heavy (non-hydrogen) atoms. The van der Waals surface area contributed by atoms with Gasteiger partial charge in [-0.1, -0.05) is 54.6 Å². The third-order valence-electron chi connectivity index (χ3n) is 5.18. The Bertz CT molecular complexity index is 1230. The van der Waals surface area contributed by atoms with Crippen LogP contribution < -0.4 is 0 Å². The molecule has 4 rings (SSSR count). The maximum Gasteiger partial charge on any atom is 0.210 e. The largest absolute Gasteiger partial charge is 0.478 e. The number of hydrogen-bond acceptors (Lipinski definition) is 4. The number of benzene rings is 3. The van der Waals surface area contributed by atoms with Crippen LogP contribution in [0, 0.1) is 0 Å². The summed E-state index contributed by atoms with van der Waals surface area (Å²) in [5.74, 6) is 0.370. The third-order valence-corrected chi connectivity index (χ3v) is 6.31. The molecule has 0 amide bonds. The van der Waals surface area contributed by atoms with Crippen molar-refractivity contribution in [2.24, 2.45) is 0 Å². The minimum absolute atomic E-state index is 0.0999. The van der Waals surface area contributed by atoms with E-state index < -0.39 is 15.4 Å². The van der Waals surface area contributed by atoms with Gasteiger partial charge in [-0.05, 0) is 54.8 Å². The molecule has 1 heterocycles. The lowest BCUT2D eigenvalue weighted by atomic mass is 9.91. The van der Waals surface area contributed by atoms with Crippen LogP contribution in [0.15, 0.2) is 83.8 Å². The molecule has 152 valence electrons. The van der Waals surface area contributed by atoms with Gasteiger partial charge in [-0.3, -0.25) is 4.79 Å². The molecule has 0 aliphatic carbocycles. The van der Waals surface area contributed by atoms with Gasteiger partial charge in [-0.2, -0.15) is 0 Å². The van der Waals surface area contributed by atoms with Crippen LogP contribution in [0.3, 0.4) is 0 Å². The van der Waals surface area contributed by atoms with Gasteiger partial charge >= 0.3 is 0 Å². The molecule has 0 saturated carbocycles. The van der Waals surface area contributed by atoms with Crippen LogP contribution in [-0.4, -0.2) is 26.1 Å². The maximum atomic E-state index is 13.1. The zero-order valence-corrected chi connectivity index (χ0v) is 17.9. The van der Waals surface area contributed by atoms with Crippen LogP contribution in [-0.2, 0) is 19.4 Å². The van der Waals surface area contributed by atoms with Gasteiger partial charge in [0.25, 0.3) is 0 Å². The van der Waals surface area contributed by atoms with Crippen LogP contribution in [0.25, 0.3) is 22.5 Å². The Kier molecular flexibility index (Phi) is 4.86. The second kappa shape index (κ2) is 7.26. The first-order chi connectivity index (χ1) is 14.2. The Hall–Kier alpha value is -3.18. The minimum Gasteiger partial charge on any atom is -0.478 e. The molecular formula is C25H22O4S. The third kappa shape index (κ3) is 3.68. The highest BCUT2D eigenvalue weighted by Crippen LogP contribution is 2.41. The molecule has 0 fully saturated rings. The lowest BCUT2D eigenvalue weighted by Gasteiger charge is -2.17. The van der Waals surface area contributed by atoms with Crippen molar-refractivity contribution < 1.29 is 17.9 Å².